The van der Waals surface area contributed by atoms with Crippen LogP contribution in [0.25, 0.3) is 0 Å². The number of benzene rings is 2. The molecule has 2 heterocycles. The lowest BCUT2D eigenvalue weighted by molar-refractivity contribution is 0.122. The fourth-order valence-electron chi connectivity index (χ4n) is 3.24. The summed E-state index contributed by atoms with van der Waals surface area (Å²) in [7, 11) is 0. The van der Waals surface area contributed by atoms with Gasteiger partial charge in [-0.15, -0.1) is 0 Å². The number of phenols is 1. The molecule has 1 saturated heterocycles. The Morgan fingerprint density at radius 3 is 2.41 bits per heavy atom. The summed E-state index contributed by atoms with van der Waals surface area (Å²) < 4.78 is 5.41. The van der Waals surface area contributed by atoms with Crippen molar-refractivity contribution in [2.75, 3.05) is 48.4 Å². The van der Waals surface area contributed by atoms with Crippen molar-refractivity contribution in [3.63, 3.8) is 0 Å². The van der Waals surface area contributed by atoms with E-state index in [2.05, 4.69) is 49.8 Å². The van der Waals surface area contributed by atoms with E-state index < -0.39 is 0 Å². The van der Waals surface area contributed by atoms with Crippen LogP contribution < -0.4 is 15.5 Å². The molecule has 0 aliphatic carbocycles. The van der Waals surface area contributed by atoms with E-state index in [0.717, 1.165) is 62.2 Å². The lowest BCUT2D eigenvalue weighted by Gasteiger charge is -2.28. The van der Waals surface area contributed by atoms with Crippen molar-refractivity contribution in [3.8, 4) is 5.75 Å². The molecule has 0 unspecified atom stereocenters. The molecule has 7 nitrogen and oxygen atoms in total. The molecule has 0 amide bonds. The van der Waals surface area contributed by atoms with Crippen LogP contribution in [0.1, 0.15) is 5.56 Å². The molecule has 1 aliphatic heterocycles. The normalized spacial score (nSPS) is 13.9. The van der Waals surface area contributed by atoms with Gasteiger partial charge in [0.05, 0.1) is 13.2 Å². The molecule has 29 heavy (non-hydrogen) atoms. The third-order valence-corrected chi connectivity index (χ3v) is 4.84. The zero-order valence-corrected chi connectivity index (χ0v) is 16.2. The number of morpholine rings is 1. The third kappa shape index (κ3) is 5.36. The number of rotatable bonds is 7. The number of aromatic hydroxyl groups is 1. The highest BCUT2D eigenvalue weighted by Crippen LogP contribution is 2.22. The predicted octanol–water partition coefficient (Wildman–Crippen LogP) is 3.42. The van der Waals surface area contributed by atoms with E-state index in [1.54, 1.807) is 18.5 Å². The van der Waals surface area contributed by atoms with Crippen LogP contribution in [-0.4, -0.2) is 47.9 Å². The van der Waals surface area contributed by atoms with Crippen LogP contribution in [0.15, 0.2) is 60.9 Å². The van der Waals surface area contributed by atoms with Gasteiger partial charge in [-0.3, -0.25) is 0 Å². The first-order valence-corrected chi connectivity index (χ1v) is 9.80. The van der Waals surface area contributed by atoms with E-state index in [-0.39, 0.29) is 5.75 Å². The smallest absolute Gasteiger partial charge is 0.135 e. The Bertz CT molecular complexity index is 909. The van der Waals surface area contributed by atoms with Crippen LogP contribution >= 0.6 is 0 Å². The Kier molecular flexibility index (Phi) is 6.07. The summed E-state index contributed by atoms with van der Waals surface area (Å²) in [4.78, 5) is 10.9. The molecule has 1 fully saturated rings. The summed E-state index contributed by atoms with van der Waals surface area (Å²) in [6.45, 7) is 4.16. The van der Waals surface area contributed by atoms with Crippen LogP contribution in [0.2, 0.25) is 0 Å². The number of hydrogen-bond acceptors (Lipinski definition) is 7. The number of ether oxygens (including phenoxy) is 1. The van der Waals surface area contributed by atoms with Gasteiger partial charge < -0.3 is 25.4 Å². The van der Waals surface area contributed by atoms with Crippen molar-refractivity contribution < 1.29 is 9.84 Å². The van der Waals surface area contributed by atoms with Gasteiger partial charge in [0.1, 0.15) is 23.7 Å². The van der Waals surface area contributed by atoms with Crippen molar-refractivity contribution in [3.05, 3.63) is 66.5 Å². The van der Waals surface area contributed by atoms with E-state index >= 15 is 0 Å². The number of hydrogen-bond donors (Lipinski definition) is 3. The number of phenolic OH excluding ortho intramolecular Hbond substituents is 1. The molecule has 4 rings (SSSR count). The first-order chi connectivity index (χ1) is 14.3. The van der Waals surface area contributed by atoms with E-state index in [1.807, 2.05) is 18.2 Å². The van der Waals surface area contributed by atoms with Gasteiger partial charge in [-0.25, -0.2) is 9.97 Å². The third-order valence-electron chi connectivity index (χ3n) is 4.84. The van der Waals surface area contributed by atoms with Crippen molar-refractivity contribution >= 4 is 23.0 Å². The zero-order chi connectivity index (χ0) is 19.9. The van der Waals surface area contributed by atoms with Gasteiger partial charge in [0.15, 0.2) is 0 Å². The fraction of sp³-hybridized carbons (Fsp3) is 0.273. The summed E-state index contributed by atoms with van der Waals surface area (Å²) in [5, 5.41) is 16.0. The fourth-order valence-corrected chi connectivity index (χ4v) is 3.24. The second-order valence-corrected chi connectivity index (χ2v) is 6.90. The summed E-state index contributed by atoms with van der Waals surface area (Å²) in [6, 6.07) is 17.5. The molecule has 0 bridgehead atoms. The minimum atomic E-state index is 0.284. The average molecular weight is 391 g/mol. The summed E-state index contributed by atoms with van der Waals surface area (Å²) in [5.74, 6) is 1.80. The Morgan fingerprint density at radius 2 is 1.66 bits per heavy atom. The standard InChI is InChI=1S/C22H25N5O2/c28-20-7-1-17(2-8-20)9-10-23-21-15-22(25-16-24-21)26-18-3-5-19(6-4-18)27-11-13-29-14-12-27/h1-8,15-16,28H,9-14H2,(H2,23,24,25,26). The van der Waals surface area contributed by atoms with Crippen LogP contribution in [-0.2, 0) is 11.2 Å². The van der Waals surface area contributed by atoms with Gasteiger partial charge in [0.25, 0.3) is 0 Å². The maximum absolute atomic E-state index is 9.35. The molecule has 7 heteroatoms. The van der Waals surface area contributed by atoms with Crippen molar-refractivity contribution in [2.24, 2.45) is 0 Å². The minimum Gasteiger partial charge on any atom is -0.508 e. The Balaban J connectivity index is 1.31. The van der Waals surface area contributed by atoms with Crippen LogP contribution in [0.4, 0.5) is 23.0 Å². The molecule has 2 aromatic carbocycles. The Hall–Kier alpha value is -3.32. The number of aromatic nitrogens is 2. The number of anilines is 4. The second-order valence-electron chi connectivity index (χ2n) is 6.90. The van der Waals surface area contributed by atoms with Crippen molar-refractivity contribution in [1.29, 1.82) is 0 Å². The van der Waals surface area contributed by atoms with Gasteiger partial charge in [-0.1, -0.05) is 12.1 Å². The summed E-state index contributed by atoms with van der Waals surface area (Å²) in [6.07, 6.45) is 2.39. The summed E-state index contributed by atoms with van der Waals surface area (Å²) >= 11 is 0. The van der Waals surface area contributed by atoms with Crippen LogP contribution in [0.5, 0.6) is 5.75 Å². The van der Waals surface area contributed by atoms with Crippen molar-refractivity contribution in [2.45, 2.75) is 6.42 Å². The highest BCUT2D eigenvalue weighted by atomic mass is 16.5. The number of nitrogens with one attached hydrogen (secondary N) is 2. The molecule has 0 atom stereocenters. The first kappa shape index (κ1) is 19.0. The minimum absolute atomic E-state index is 0.284. The molecular weight excluding hydrogens is 366 g/mol. The molecular formula is C22H25N5O2. The molecule has 1 aromatic heterocycles. The second kappa shape index (κ2) is 9.25. The molecule has 3 N–H and O–H groups in total. The molecule has 1 aliphatic rings. The maximum Gasteiger partial charge on any atom is 0.135 e. The first-order valence-electron chi connectivity index (χ1n) is 9.80. The van der Waals surface area contributed by atoms with Gasteiger partial charge in [-0.05, 0) is 48.4 Å². The van der Waals surface area contributed by atoms with Gasteiger partial charge in [0.2, 0.25) is 0 Å². The number of nitrogens with zero attached hydrogens (tertiary/aromatic N) is 3. The zero-order valence-electron chi connectivity index (χ0n) is 16.2. The highest BCUT2D eigenvalue weighted by molar-refractivity contribution is 5.62. The largest absolute Gasteiger partial charge is 0.508 e. The SMILES string of the molecule is Oc1ccc(CCNc2cc(Nc3ccc(N4CCOCC4)cc3)ncn2)cc1. The van der Waals surface area contributed by atoms with Crippen molar-refractivity contribution in [1.82, 2.24) is 9.97 Å². The molecule has 0 saturated carbocycles. The molecule has 0 spiro atoms. The van der Waals surface area contributed by atoms with E-state index in [1.165, 1.54) is 5.69 Å². The maximum atomic E-state index is 9.35. The molecule has 150 valence electrons. The molecule has 3 aromatic rings. The van der Waals surface area contributed by atoms with Crippen LogP contribution in [0, 0.1) is 0 Å². The molecule has 0 radical (unpaired) electrons. The van der Waals surface area contributed by atoms with Crippen LogP contribution in [0.3, 0.4) is 0 Å². The highest BCUT2D eigenvalue weighted by Gasteiger charge is 2.10. The average Bonchev–Trinajstić information content (AvgIpc) is 2.77. The topological polar surface area (TPSA) is 82.5 Å². The Labute approximate surface area is 170 Å². The summed E-state index contributed by atoms with van der Waals surface area (Å²) in [5.41, 5.74) is 3.34. The predicted molar refractivity (Wildman–Crippen MR) is 115 cm³/mol. The van der Waals surface area contributed by atoms with Gasteiger partial charge >= 0.3 is 0 Å². The Morgan fingerprint density at radius 1 is 0.931 bits per heavy atom. The van der Waals surface area contributed by atoms with E-state index in [9.17, 15) is 5.11 Å². The monoisotopic (exact) mass is 391 g/mol. The van der Waals surface area contributed by atoms with E-state index in [4.69, 9.17) is 4.74 Å². The van der Waals surface area contributed by atoms with Gasteiger partial charge in [-0.2, -0.15) is 0 Å². The quantitative estimate of drug-likeness (QED) is 0.569. The lowest BCUT2D eigenvalue weighted by atomic mass is 10.1. The van der Waals surface area contributed by atoms with E-state index in [0.29, 0.717) is 0 Å². The lowest BCUT2D eigenvalue weighted by Crippen LogP contribution is -2.36. The van der Waals surface area contributed by atoms with Gasteiger partial charge in [0, 0.05) is 37.1 Å².